The molecule has 0 unspecified atom stereocenters. The van der Waals surface area contributed by atoms with Gasteiger partial charge < -0.3 is 18.9 Å². The molecule has 0 N–H and O–H groups in total. The molecule has 0 atom stereocenters. The van der Waals surface area contributed by atoms with Crippen molar-refractivity contribution < 1.29 is 28.5 Å². The molecule has 0 aliphatic carbocycles. The average Bonchev–Trinajstić information content (AvgIpc) is 2.63. The summed E-state index contributed by atoms with van der Waals surface area (Å²) < 4.78 is 20.3. The first-order valence-electron chi connectivity index (χ1n) is 7.85. The van der Waals surface area contributed by atoms with Crippen LogP contribution in [-0.4, -0.2) is 38.9 Å². The van der Waals surface area contributed by atoms with E-state index in [1.54, 1.807) is 18.2 Å². The second-order valence-corrected chi connectivity index (χ2v) is 5.73. The molecule has 7 heteroatoms. The third-order valence-corrected chi connectivity index (χ3v) is 3.75. The Morgan fingerprint density at radius 2 is 1.69 bits per heavy atom. The molecule has 0 amide bonds. The Morgan fingerprint density at radius 1 is 1.00 bits per heavy atom. The summed E-state index contributed by atoms with van der Waals surface area (Å²) >= 11 is 5.93. The normalized spacial score (nSPS) is 10.3. The Kier molecular flexibility index (Phi) is 7.44. The van der Waals surface area contributed by atoms with Crippen LogP contribution >= 0.6 is 11.6 Å². The Morgan fingerprint density at radius 3 is 2.35 bits per heavy atom. The lowest BCUT2D eigenvalue weighted by Crippen LogP contribution is -2.17. The number of ether oxygens (including phenoxy) is 4. The Bertz CT molecular complexity index is 757. The third kappa shape index (κ3) is 6.06. The third-order valence-electron chi connectivity index (χ3n) is 3.33. The summed E-state index contributed by atoms with van der Waals surface area (Å²) in [6.07, 6.45) is 0. The molecule has 0 aliphatic heterocycles. The number of benzene rings is 2. The van der Waals surface area contributed by atoms with Crippen LogP contribution in [0.2, 0.25) is 5.02 Å². The zero-order valence-corrected chi connectivity index (χ0v) is 15.2. The van der Waals surface area contributed by atoms with Gasteiger partial charge in [-0.15, -0.1) is 0 Å². The van der Waals surface area contributed by atoms with Crippen LogP contribution in [0.25, 0.3) is 0 Å². The van der Waals surface area contributed by atoms with E-state index in [4.69, 9.17) is 30.5 Å². The monoisotopic (exact) mass is 378 g/mol. The Hall–Kier alpha value is -2.57. The number of methoxy groups -OCH3 is 1. The van der Waals surface area contributed by atoms with E-state index in [0.29, 0.717) is 28.7 Å². The molecular weight excluding hydrogens is 360 g/mol. The average molecular weight is 379 g/mol. The van der Waals surface area contributed by atoms with E-state index in [9.17, 15) is 9.59 Å². The molecular formula is C19H19ClO6. The van der Waals surface area contributed by atoms with Crippen molar-refractivity contribution in [2.75, 3.05) is 26.9 Å². The van der Waals surface area contributed by atoms with Crippen molar-refractivity contribution in [1.29, 1.82) is 0 Å². The van der Waals surface area contributed by atoms with E-state index < -0.39 is 11.9 Å². The van der Waals surface area contributed by atoms with Gasteiger partial charge in [-0.2, -0.15) is 0 Å². The van der Waals surface area contributed by atoms with Crippen LogP contribution in [0.1, 0.15) is 15.9 Å². The van der Waals surface area contributed by atoms with Crippen molar-refractivity contribution in [3.05, 3.63) is 58.6 Å². The molecule has 0 aromatic heterocycles. The maximum atomic E-state index is 11.9. The molecule has 0 spiro atoms. The SMILES string of the molecule is COCCOC(=O)c1ccc(OC(=O)COc2ccc(Cl)c(C)c2)cc1. The van der Waals surface area contributed by atoms with Crippen LogP contribution in [0.4, 0.5) is 0 Å². The summed E-state index contributed by atoms with van der Waals surface area (Å²) in [6, 6.07) is 11.2. The van der Waals surface area contributed by atoms with Gasteiger partial charge in [0.25, 0.3) is 0 Å². The zero-order valence-electron chi connectivity index (χ0n) is 14.5. The molecule has 0 radical (unpaired) electrons. The molecule has 26 heavy (non-hydrogen) atoms. The van der Waals surface area contributed by atoms with Gasteiger partial charge in [0.15, 0.2) is 6.61 Å². The number of carbonyl (C=O) groups is 2. The zero-order chi connectivity index (χ0) is 18.9. The van der Waals surface area contributed by atoms with Gasteiger partial charge in [-0.3, -0.25) is 0 Å². The fourth-order valence-corrected chi connectivity index (χ4v) is 2.09. The molecule has 2 rings (SSSR count). The number of esters is 2. The van der Waals surface area contributed by atoms with Crippen molar-refractivity contribution in [2.45, 2.75) is 6.92 Å². The lowest BCUT2D eigenvalue weighted by atomic mass is 10.2. The van der Waals surface area contributed by atoms with E-state index in [1.165, 1.54) is 31.4 Å². The van der Waals surface area contributed by atoms with Gasteiger partial charge in [0, 0.05) is 12.1 Å². The predicted octanol–water partition coefficient (Wildman–Crippen LogP) is 3.44. The minimum atomic E-state index is -0.562. The molecule has 0 saturated carbocycles. The van der Waals surface area contributed by atoms with E-state index >= 15 is 0 Å². The highest BCUT2D eigenvalue weighted by Crippen LogP contribution is 2.21. The van der Waals surface area contributed by atoms with Gasteiger partial charge in [0.1, 0.15) is 18.1 Å². The van der Waals surface area contributed by atoms with Crippen LogP contribution < -0.4 is 9.47 Å². The van der Waals surface area contributed by atoms with Gasteiger partial charge in [0.05, 0.1) is 12.2 Å². The standard InChI is InChI=1S/C19H19ClO6/c1-13-11-16(7-8-17(13)20)25-12-18(21)26-15-5-3-14(4-6-15)19(22)24-10-9-23-2/h3-8,11H,9-10,12H2,1-2H3. The van der Waals surface area contributed by atoms with E-state index in [2.05, 4.69) is 0 Å². The van der Waals surface area contributed by atoms with Crippen LogP contribution in [0.5, 0.6) is 11.5 Å². The number of aryl methyl sites for hydroxylation is 1. The van der Waals surface area contributed by atoms with Gasteiger partial charge in [-0.25, -0.2) is 9.59 Å². The molecule has 138 valence electrons. The van der Waals surface area contributed by atoms with Crippen LogP contribution in [-0.2, 0) is 14.3 Å². The fourth-order valence-electron chi connectivity index (χ4n) is 1.97. The first-order chi connectivity index (χ1) is 12.5. The van der Waals surface area contributed by atoms with Crippen molar-refractivity contribution >= 4 is 23.5 Å². The highest BCUT2D eigenvalue weighted by Gasteiger charge is 2.10. The number of hydrogen-bond donors (Lipinski definition) is 0. The van der Waals surface area contributed by atoms with Crippen molar-refractivity contribution in [1.82, 2.24) is 0 Å². The summed E-state index contributed by atoms with van der Waals surface area (Å²) in [4.78, 5) is 23.6. The summed E-state index contributed by atoms with van der Waals surface area (Å²) in [5.74, 6) is -0.202. The van der Waals surface area contributed by atoms with Crippen LogP contribution in [0.3, 0.4) is 0 Å². The van der Waals surface area contributed by atoms with Crippen molar-refractivity contribution in [3.8, 4) is 11.5 Å². The van der Waals surface area contributed by atoms with Crippen LogP contribution in [0.15, 0.2) is 42.5 Å². The number of hydrogen-bond acceptors (Lipinski definition) is 6. The van der Waals surface area contributed by atoms with Gasteiger partial charge in [-0.05, 0) is 55.0 Å². The summed E-state index contributed by atoms with van der Waals surface area (Å²) in [5, 5.41) is 0.626. The minimum absolute atomic E-state index is 0.174. The van der Waals surface area contributed by atoms with Gasteiger partial charge in [-0.1, -0.05) is 11.6 Å². The van der Waals surface area contributed by atoms with Crippen LogP contribution in [0, 0.1) is 6.92 Å². The number of carbonyl (C=O) groups excluding carboxylic acids is 2. The number of halogens is 1. The van der Waals surface area contributed by atoms with Gasteiger partial charge in [0.2, 0.25) is 0 Å². The second-order valence-electron chi connectivity index (χ2n) is 5.33. The van der Waals surface area contributed by atoms with E-state index in [-0.39, 0.29) is 13.2 Å². The topological polar surface area (TPSA) is 71.1 Å². The molecule has 2 aromatic carbocycles. The Labute approximate surface area is 156 Å². The fraction of sp³-hybridized carbons (Fsp3) is 0.263. The second kappa shape index (κ2) is 9.79. The summed E-state index contributed by atoms with van der Waals surface area (Å²) in [7, 11) is 1.52. The predicted molar refractivity (Wildman–Crippen MR) is 95.9 cm³/mol. The lowest BCUT2D eigenvalue weighted by molar-refractivity contribution is -0.136. The quantitative estimate of drug-likeness (QED) is 0.398. The molecule has 0 heterocycles. The van der Waals surface area contributed by atoms with E-state index in [0.717, 1.165) is 5.56 Å². The smallest absolute Gasteiger partial charge is 0.349 e. The summed E-state index contributed by atoms with van der Waals surface area (Å²) in [6.45, 7) is 2.10. The maximum Gasteiger partial charge on any atom is 0.349 e. The molecule has 0 fully saturated rings. The number of rotatable bonds is 8. The van der Waals surface area contributed by atoms with E-state index in [1.807, 2.05) is 6.92 Å². The van der Waals surface area contributed by atoms with Crippen molar-refractivity contribution in [3.63, 3.8) is 0 Å². The minimum Gasteiger partial charge on any atom is -0.482 e. The highest BCUT2D eigenvalue weighted by molar-refractivity contribution is 6.31. The molecule has 0 saturated heterocycles. The van der Waals surface area contributed by atoms with Gasteiger partial charge >= 0.3 is 11.9 Å². The molecule has 2 aromatic rings. The molecule has 0 aliphatic rings. The first-order valence-corrected chi connectivity index (χ1v) is 8.23. The Balaban J connectivity index is 1.83. The lowest BCUT2D eigenvalue weighted by Gasteiger charge is -2.08. The molecule has 0 bridgehead atoms. The molecule has 6 nitrogen and oxygen atoms in total. The highest BCUT2D eigenvalue weighted by atomic mass is 35.5. The largest absolute Gasteiger partial charge is 0.482 e. The summed E-state index contributed by atoms with van der Waals surface area (Å²) in [5.41, 5.74) is 1.21. The maximum absolute atomic E-state index is 11.9. The van der Waals surface area contributed by atoms with Crippen molar-refractivity contribution in [2.24, 2.45) is 0 Å². The first kappa shape index (κ1) is 19.8.